The van der Waals surface area contributed by atoms with Gasteiger partial charge in [0.1, 0.15) is 22.9 Å². The van der Waals surface area contributed by atoms with E-state index in [1.165, 1.54) is 6.42 Å². The van der Waals surface area contributed by atoms with E-state index in [4.69, 9.17) is 13.8 Å². The van der Waals surface area contributed by atoms with Crippen LogP contribution in [0.2, 0.25) is 0 Å². The zero-order valence-electron chi connectivity index (χ0n) is 19.1. The number of hydrogen-bond acceptors (Lipinski definition) is 4. The van der Waals surface area contributed by atoms with Gasteiger partial charge in [0.15, 0.2) is 0 Å². The molecule has 0 N–H and O–H groups in total. The maximum Gasteiger partial charge on any atom is 0.442 e. The molecule has 0 amide bonds. The molecule has 3 aromatic rings. The van der Waals surface area contributed by atoms with Gasteiger partial charge < -0.3 is 13.8 Å². The number of para-hydroxylation sites is 2. The number of allylic oxidation sites excluding steroid dienone is 1. The van der Waals surface area contributed by atoms with Gasteiger partial charge in [-0.2, -0.15) is 0 Å². The molecule has 0 heterocycles. The molecule has 1 aliphatic rings. The molecule has 0 aliphatic heterocycles. The van der Waals surface area contributed by atoms with Crippen LogP contribution < -0.4 is 13.8 Å². The fourth-order valence-corrected chi connectivity index (χ4v) is 6.70. The van der Waals surface area contributed by atoms with Crippen molar-refractivity contribution in [2.75, 3.05) is 7.11 Å². The van der Waals surface area contributed by atoms with E-state index >= 15 is 0 Å². The van der Waals surface area contributed by atoms with Crippen molar-refractivity contribution in [2.45, 2.75) is 37.8 Å². The van der Waals surface area contributed by atoms with Gasteiger partial charge in [0, 0.05) is 0 Å². The molecule has 0 spiro atoms. The summed E-state index contributed by atoms with van der Waals surface area (Å²) in [5.74, 6) is 2.03. The third-order valence-corrected chi connectivity index (χ3v) is 8.37. The summed E-state index contributed by atoms with van der Waals surface area (Å²) in [6.07, 6.45) is 5.63. The predicted molar refractivity (Wildman–Crippen MR) is 133 cm³/mol. The Morgan fingerprint density at radius 1 is 0.788 bits per heavy atom. The first-order chi connectivity index (χ1) is 16.1. The van der Waals surface area contributed by atoms with Gasteiger partial charge in [0.05, 0.1) is 7.11 Å². The van der Waals surface area contributed by atoms with Crippen molar-refractivity contribution in [3.63, 3.8) is 0 Å². The minimum Gasteiger partial charge on any atom is -0.497 e. The van der Waals surface area contributed by atoms with Crippen LogP contribution in [0.5, 0.6) is 17.2 Å². The Balaban J connectivity index is 1.79. The Morgan fingerprint density at radius 3 is 1.79 bits per heavy atom. The van der Waals surface area contributed by atoms with Gasteiger partial charge in [-0.1, -0.05) is 79.9 Å². The highest BCUT2D eigenvalue weighted by Gasteiger charge is 2.44. The van der Waals surface area contributed by atoms with Crippen LogP contribution >= 0.6 is 7.60 Å². The minimum atomic E-state index is -3.78. The highest BCUT2D eigenvalue weighted by atomic mass is 31.2. The van der Waals surface area contributed by atoms with Crippen molar-refractivity contribution < 1.29 is 18.3 Å². The number of ether oxygens (including phenoxy) is 1. The molecule has 0 saturated heterocycles. The third kappa shape index (κ3) is 5.69. The number of benzene rings is 3. The summed E-state index contributed by atoms with van der Waals surface area (Å²) in [6.45, 7) is 4.48. The number of methoxy groups -OCH3 is 1. The minimum absolute atomic E-state index is 0.276. The van der Waals surface area contributed by atoms with E-state index in [0.29, 0.717) is 11.5 Å². The van der Waals surface area contributed by atoms with E-state index in [2.05, 4.69) is 6.58 Å². The maximum atomic E-state index is 14.8. The first kappa shape index (κ1) is 23.2. The first-order valence-corrected chi connectivity index (χ1v) is 13.1. The summed E-state index contributed by atoms with van der Waals surface area (Å²) in [7, 11) is -2.15. The SMILES string of the molecule is C=C(C1CCCCC1)C(c1ccc(OC)cc1)P(=O)(Oc1ccccc1)Oc1ccccc1. The van der Waals surface area contributed by atoms with Gasteiger partial charge >= 0.3 is 7.60 Å². The summed E-state index contributed by atoms with van der Waals surface area (Å²) >= 11 is 0. The molecular weight excluding hydrogens is 431 g/mol. The highest BCUT2D eigenvalue weighted by molar-refractivity contribution is 7.55. The van der Waals surface area contributed by atoms with Gasteiger partial charge in [-0.3, -0.25) is 0 Å². The molecule has 0 aromatic heterocycles. The third-order valence-electron chi connectivity index (χ3n) is 6.18. The summed E-state index contributed by atoms with van der Waals surface area (Å²) < 4.78 is 32.6. The van der Waals surface area contributed by atoms with Crippen LogP contribution in [0.15, 0.2) is 97.1 Å². The lowest BCUT2D eigenvalue weighted by Crippen LogP contribution is -2.19. The largest absolute Gasteiger partial charge is 0.497 e. The first-order valence-electron chi connectivity index (χ1n) is 11.5. The normalized spacial score (nSPS) is 15.4. The van der Waals surface area contributed by atoms with Gasteiger partial charge in [-0.15, -0.1) is 0 Å². The molecule has 5 heteroatoms. The number of rotatable bonds is 9. The van der Waals surface area contributed by atoms with Crippen LogP contribution in [0, 0.1) is 5.92 Å². The smallest absolute Gasteiger partial charge is 0.442 e. The topological polar surface area (TPSA) is 44.8 Å². The lowest BCUT2D eigenvalue weighted by molar-refractivity contribution is 0.359. The van der Waals surface area contributed by atoms with Crippen molar-refractivity contribution >= 4 is 7.60 Å². The Bertz CT molecular complexity index is 1030. The standard InChI is InChI=1S/C28H31O4P/c1-22(23-12-6-3-7-13-23)28(24-18-20-25(30-2)21-19-24)33(29,31-26-14-8-4-9-15-26)32-27-16-10-5-11-17-27/h4-5,8-11,14-21,23,28H,1,3,6-7,12-13H2,2H3. The molecule has 3 aromatic carbocycles. The second-order valence-corrected chi connectivity index (χ2v) is 10.4. The quantitative estimate of drug-likeness (QED) is 0.237. The van der Waals surface area contributed by atoms with Crippen molar-refractivity contribution in [3.8, 4) is 17.2 Å². The van der Waals surface area contributed by atoms with Crippen molar-refractivity contribution in [3.05, 3.63) is 103 Å². The van der Waals surface area contributed by atoms with E-state index in [1.54, 1.807) is 31.4 Å². The van der Waals surface area contributed by atoms with Gasteiger partial charge in [0.25, 0.3) is 0 Å². The molecule has 1 unspecified atom stereocenters. The summed E-state index contributed by atoms with van der Waals surface area (Å²) in [5, 5.41) is 0. The second kappa shape index (κ2) is 10.8. The zero-order valence-corrected chi connectivity index (χ0v) is 20.0. The Kier molecular flexibility index (Phi) is 7.57. The molecule has 0 bridgehead atoms. The van der Waals surface area contributed by atoms with E-state index in [0.717, 1.165) is 42.6 Å². The van der Waals surface area contributed by atoms with Crippen molar-refractivity contribution in [1.82, 2.24) is 0 Å². The fraction of sp³-hybridized carbons (Fsp3) is 0.286. The second-order valence-electron chi connectivity index (χ2n) is 8.43. The molecule has 4 rings (SSSR count). The Hall–Kier alpha value is -2.97. The Labute approximate surface area is 196 Å². The van der Waals surface area contributed by atoms with Crippen LogP contribution in [0.4, 0.5) is 0 Å². The average Bonchev–Trinajstić information content (AvgIpc) is 2.86. The summed E-state index contributed by atoms with van der Waals surface area (Å²) in [5.41, 5.74) is 1.16. The molecule has 1 fully saturated rings. The summed E-state index contributed by atoms with van der Waals surface area (Å²) in [4.78, 5) is 0. The van der Waals surface area contributed by atoms with Crippen molar-refractivity contribution in [2.24, 2.45) is 5.92 Å². The van der Waals surface area contributed by atoms with Gasteiger partial charge in [-0.05, 0) is 60.7 Å². The fourth-order valence-electron chi connectivity index (χ4n) is 4.46. The lowest BCUT2D eigenvalue weighted by atomic mass is 9.82. The van der Waals surface area contributed by atoms with Crippen LogP contribution in [-0.2, 0) is 4.57 Å². The van der Waals surface area contributed by atoms with Crippen LogP contribution in [0.3, 0.4) is 0 Å². The van der Waals surface area contributed by atoms with Gasteiger partial charge in [-0.25, -0.2) is 4.57 Å². The Morgan fingerprint density at radius 2 is 1.30 bits per heavy atom. The van der Waals surface area contributed by atoms with Crippen LogP contribution in [0.1, 0.15) is 43.3 Å². The lowest BCUT2D eigenvalue weighted by Gasteiger charge is -2.34. The molecule has 172 valence electrons. The van der Waals surface area contributed by atoms with E-state index in [1.807, 2.05) is 60.7 Å². The highest BCUT2D eigenvalue weighted by Crippen LogP contribution is 2.64. The van der Waals surface area contributed by atoms with E-state index in [9.17, 15) is 4.57 Å². The van der Waals surface area contributed by atoms with Crippen molar-refractivity contribution in [1.29, 1.82) is 0 Å². The maximum absolute atomic E-state index is 14.8. The van der Waals surface area contributed by atoms with Gasteiger partial charge in [0.2, 0.25) is 0 Å². The number of hydrogen-bond donors (Lipinski definition) is 0. The monoisotopic (exact) mass is 462 g/mol. The molecule has 1 saturated carbocycles. The van der Waals surface area contributed by atoms with E-state index in [-0.39, 0.29) is 5.92 Å². The molecule has 1 aliphatic carbocycles. The molecule has 33 heavy (non-hydrogen) atoms. The van der Waals surface area contributed by atoms with Crippen LogP contribution in [0.25, 0.3) is 0 Å². The molecule has 1 atom stereocenters. The predicted octanol–water partition coefficient (Wildman–Crippen LogP) is 8.22. The van der Waals surface area contributed by atoms with E-state index < -0.39 is 13.3 Å². The molecule has 0 radical (unpaired) electrons. The summed E-state index contributed by atoms with van der Waals surface area (Å²) in [6, 6.07) is 26.1. The van der Waals surface area contributed by atoms with Crippen LogP contribution in [-0.4, -0.2) is 7.11 Å². The average molecular weight is 463 g/mol. The molecular formula is C28H31O4P. The molecule has 4 nitrogen and oxygen atoms in total. The zero-order chi connectivity index (χ0) is 23.1.